The van der Waals surface area contributed by atoms with E-state index in [4.69, 9.17) is 14.2 Å². The molecule has 90 heavy (non-hydrogen) atoms. The summed E-state index contributed by atoms with van der Waals surface area (Å²) < 4.78 is 17.7. The first-order valence-corrected chi connectivity index (χ1v) is 37.5. The lowest BCUT2D eigenvalue weighted by atomic mass is 9.99. The number of rotatable bonds is 64. The average Bonchev–Trinajstić information content (AvgIpc) is 1.14. The van der Waals surface area contributed by atoms with Crippen LogP contribution in [-0.2, 0) is 23.8 Å². The lowest BCUT2D eigenvalue weighted by Crippen LogP contribution is -2.61. The first-order chi connectivity index (χ1) is 44.2. The van der Waals surface area contributed by atoms with Crippen molar-refractivity contribution in [2.45, 2.75) is 378 Å². The molecule has 0 spiro atoms. The van der Waals surface area contributed by atoms with Gasteiger partial charge >= 0.3 is 5.97 Å². The fourth-order valence-corrected chi connectivity index (χ4v) is 11.4. The Balaban J connectivity index is 2.55. The van der Waals surface area contributed by atoms with Gasteiger partial charge in [-0.25, -0.2) is 0 Å². The van der Waals surface area contributed by atoms with Gasteiger partial charge in [-0.05, 0) is 103 Å². The van der Waals surface area contributed by atoms with Gasteiger partial charge in [-0.2, -0.15) is 0 Å². The second kappa shape index (κ2) is 65.6. The van der Waals surface area contributed by atoms with E-state index in [0.717, 1.165) is 96.3 Å². The van der Waals surface area contributed by atoms with E-state index >= 15 is 0 Å². The molecule has 0 radical (unpaired) electrons. The van der Waals surface area contributed by atoms with Crippen molar-refractivity contribution in [2.75, 3.05) is 13.2 Å². The Morgan fingerprint density at radius 2 is 0.800 bits per heavy atom. The number of amides is 1. The highest BCUT2D eigenvalue weighted by molar-refractivity contribution is 5.80. The van der Waals surface area contributed by atoms with E-state index in [2.05, 4.69) is 111 Å². The van der Waals surface area contributed by atoms with Crippen LogP contribution in [0.25, 0.3) is 0 Å². The molecule has 8 atom stereocenters. The molecule has 8 unspecified atom stereocenters. The van der Waals surface area contributed by atoms with Crippen LogP contribution in [0.5, 0.6) is 0 Å². The summed E-state index contributed by atoms with van der Waals surface area (Å²) in [5, 5.41) is 57.3. The fourth-order valence-electron chi connectivity index (χ4n) is 11.4. The van der Waals surface area contributed by atoms with Crippen molar-refractivity contribution in [3.8, 4) is 0 Å². The third kappa shape index (κ3) is 52.0. The molecule has 1 saturated heterocycles. The first-order valence-electron chi connectivity index (χ1n) is 37.5. The Labute approximate surface area is 552 Å². The van der Waals surface area contributed by atoms with Gasteiger partial charge in [0.1, 0.15) is 24.4 Å². The topological polar surface area (TPSA) is 175 Å². The molecule has 11 heteroatoms. The highest BCUT2D eigenvalue weighted by Crippen LogP contribution is 2.26. The van der Waals surface area contributed by atoms with E-state index in [9.17, 15) is 35.1 Å². The largest absolute Gasteiger partial charge is 0.454 e. The van der Waals surface area contributed by atoms with Crippen molar-refractivity contribution in [3.63, 3.8) is 0 Å². The number of nitrogens with one attached hydrogen (secondary N) is 1. The highest BCUT2D eigenvalue weighted by atomic mass is 16.7. The van der Waals surface area contributed by atoms with Gasteiger partial charge in [0.25, 0.3) is 0 Å². The summed E-state index contributed by atoms with van der Waals surface area (Å²) in [6, 6.07) is -1.04. The molecule has 0 aliphatic carbocycles. The molecular formula is C79H139NO10. The van der Waals surface area contributed by atoms with Crippen LogP contribution in [0.2, 0.25) is 0 Å². The molecule has 520 valence electrons. The van der Waals surface area contributed by atoms with Crippen molar-refractivity contribution in [1.82, 2.24) is 5.32 Å². The maximum atomic E-state index is 13.5. The number of unbranched alkanes of at least 4 members (excludes halogenated alkanes) is 36. The second-order valence-corrected chi connectivity index (χ2v) is 25.6. The summed E-state index contributed by atoms with van der Waals surface area (Å²) in [7, 11) is 0. The minimum Gasteiger partial charge on any atom is -0.454 e. The van der Waals surface area contributed by atoms with Crippen LogP contribution >= 0.6 is 0 Å². The smallest absolute Gasteiger partial charge is 0.306 e. The molecule has 1 rings (SSSR count). The Bertz CT molecular complexity index is 1840. The number of hydrogen-bond acceptors (Lipinski definition) is 10. The number of aliphatic hydroxyl groups excluding tert-OH is 5. The monoisotopic (exact) mass is 1260 g/mol. The number of carbonyl (C=O) groups excluding carboxylic acids is 2. The van der Waals surface area contributed by atoms with Crippen molar-refractivity contribution in [2.24, 2.45) is 0 Å². The van der Waals surface area contributed by atoms with E-state index in [0.29, 0.717) is 12.8 Å². The van der Waals surface area contributed by atoms with Gasteiger partial charge in [0, 0.05) is 6.42 Å². The van der Waals surface area contributed by atoms with Gasteiger partial charge in [-0.15, -0.1) is 0 Å². The molecule has 1 heterocycles. The molecule has 1 amide bonds. The molecule has 1 aliphatic heterocycles. The minimum atomic E-state index is -1.62. The third-order valence-electron chi connectivity index (χ3n) is 17.2. The zero-order chi connectivity index (χ0) is 65.3. The number of allylic oxidation sites excluding steroid dienone is 15. The maximum Gasteiger partial charge on any atom is 0.306 e. The number of esters is 1. The van der Waals surface area contributed by atoms with E-state index in [1.165, 1.54) is 186 Å². The van der Waals surface area contributed by atoms with Crippen molar-refractivity contribution < 1.29 is 49.3 Å². The number of carbonyl (C=O) groups is 2. The summed E-state index contributed by atoms with van der Waals surface area (Å²) in [5.74, 6) is -1.22. The standard InChI is InChI=1S/C79H139NO10/c1-4-7-10-13-16-19-22-25-27-29-31-33-35-36-37-38-39-41-43-45-47-49-52-55-58-61-64-67-74(84)90-77-76(86)75(85)73(68-81)89-79(77)88-69-70(71(82)65-62-59-56-53-50-24-21-18-15-12-9-6-3)80-78(87)72(83)66-63-60-57-54-51-48-46-44-42-40-34-32-30-28-26-23-20-17-14-11-8-5-2/h8,11,17,20,25-28,32,34,42,44,48,51,62,65,70-73,75-77,79,81-83,85-86H,4-7,9-10,12-16,18-19,21-24,29-31,33,35-41,43,45-47,49-50,52-61,63-64,66-69H2,1-3H3,(H,80,87)/b11-8-,20-17-,27-25+,28-26-,34-32-,44-42-,51-48-,65-62+. The fraction of sp³-hybridized carbons (Fsp3) is 0.772. The van der Waals surface area contributed by atoms with Crippen LogP contribution in [0.3, 0.4) is 0 Å². The summed E-state index contributed by atoms with van der Waals surface area (Å²) >= 11 is 0. The lowest BCUT2D eigenvalue weighted by Gasteiger charge is -2.41. The van der Waals surface area contributed by atoms with Gasteiger partial charge < -0.3 is 45.1 Å². The van der Waals surface area contributed by atoms with Crippen molar-refractivity contribution in [3.05, 3.63) is 97.2 Å². The summed E-state index contributed by atoms with van der Waals surface area (Å²) in [5.41, 5.74) is 0. The number of aliphatic hydroxyl groups is 5. The Morgan fingerprint density at radius 1 is 0.444 bits per heavy atom. The van der Waals surface area contributed by atoms with E-state index < -0.39 is 67.4 Å². The van der Waals surface area contributed by atoms with E-state index in [1.54, 1.807) is 6.08 Å². The molecular weight excluding hydrogens is 1120 g/mol. The zero-order valence-electron chi connectivity index (χ0n) is 58.0. The molecule has 0 bridgehead atoms. The quantitative estimate of drug-likeness (QED) is 0.0195. The van der Waals surface area contributed by atoms with Crippen LogP contribution in [0.15, 0.2) is 97.2 Å². The van der Waals surface area contributed by atoms with E-state index in [-0.39, 0.29) is 19.4 Å². The summed E-state index contributed by atoms with van der Waals surface area (Å²) in [4.78, 5) is 26.7. The number of hydrogen-bond donors (Lipinski definition) is 6. The molecule has 6 N–H and O–H groups in total. The van der Waals surface area contributed by atoms with Gasteiger partial charge in [0.2, 0.25) is 5.91 Å². The SMILES string of the molecule is CC/C=C\C/C=C\C/C=C\C/C=C\C/C=C\C/C=C\CCCCCC(O)C(=O)NC(COC1OC(CO)C(O)C(O)C1OC(=O)CCCCCCCCCCCCCCCCCCC/C=C/CCCCCCCC)C(O)/C=C/CCCCCCCCCCCC. The van der Waals surface area contributed by atoms with Gasteiger partial charge in [-0.1, -0.05) is 317 Å². The van der Waals surface area contributed by atoms with Gasteiger partial charge in [0.15, 0.2) is 12.4 Å². The van der Waals surface area contributed by atoms with E-state index in [1.807, 2.05) is 6.08 Å². The van der Waals surface area contributed by atoms with Crippen LogP contribution in [0, 0.1) is 0 Å². The molecule has 0 aromatic rings. The first kappa shape index (κ1) is 84.6. The Morgan fingerprint density at radius 3 is 1.21 bits per heavy atom. The molecule has 11 nitrogen and oxygen atoms in total. The van der Waals surface area contributed by atoms with Crippen molar-refractivity contribution >= 4 is 11.9 Å². The average molecular weight is 1260 g/mol. The second-order valence-electron chi connectivity index (χ2n) is 25.6. The molecule has 0 aromatic carbocycles. The Hall–Kier alpha value is -3.42. The lowest BCUT2D eigenvalue weighted by molar-refractivity contribution is -0.305. The molecule has 1 aliphatic rings. The molecule has 0 aromatic heterocycles. The third-order valence-corrected chi connectivity index (χ3v) is 17.2. The predicted octanol–water partition coefficient (Wildman–Crippen LogP) is 19.8. The highest BCUT2D eigenvalue weighted by Gasteiger charge is 2.47. The van der Waals surface area contributed by atoms with Gasteiger partial charge in [0.05, 0.1) is 25.4 Å². The zero-order valence-corrected chi connectivity index (χ0v) is 58.0. The maximum absolute atomic E-state index is 13.5. The molecule has 1 fully saturated rings. The minimum absolute atomic E-state index is 0.119. The molecule has 0 saturated carbocycles. The van der Waals surface area contributed by atoms with Crippen molar-refractivity contribution in [1.29, 1.82) is 0 Å². The van der Waals surface area contributed by atoms with Gasteiger partial charge in [-0.3, -0.25) is 9.59 Å². The van der Waals surface area contributed by atoms with Crippen LogP contribution < -0.4 is 5.32 Å². The Kier molecular flexibility index (Phi) is 61.7. The number of ether oxygens (including phenoxy) is 3. The van der Waals surface area contributed by atoms with Crippen LogP contribution in [0.4, 0.5) is 0 Å². The summed E-state index contributed by atoms with van der Waals surface area (Å²) in [6.45, 7) is 5.69. The van der Waals surface area contributed by atoms with Crippen LogP contribution in [0.1, 0.15) is 329 Å². The normalized spacial score (nSPS) is 18.6. The summed E-state index contributed by atoms with van der Waals surface area (Å²) in [6.07, 6.45) is 78.9. The van der Waals surface area contributed by atoms with Crippen LogP contribution in [-0.4, -0.2) is 99.6 Å². The predicted molar refractivity (Wildman–Crippen MR) is 379 cm³/mol.